The molecular formula is C13H15N3O3. The van der Waals surface area contributed by atoms with Crippen LogP contribution in [0.2, 0.25) is 0 Å². The van der Waals surface area contributed by atoms with E-state index in [0.717, 1.165) is 0 Å². The van der Waals surface area contributed by atoms with Gasteiger partial charge in [-0.2, -0.15) is 0 Å². The smallest absolute Gasteiger partial charge is 0.271 e. The molecule has 0 bridgehead atoms. The molecule has 0 aromatic carbocycles. The van der Waals surface area contributed by atoms with E-state index in [0.29, 0.717) is 5.56 Å². The zero-order chi connectivity index (χ0) is 14.3. The highest BCUT2D eigenvalue weighted by Gasteiger charge is 2.15. The lowest BCUT2D eigenvalue weighted by atomic mass is 10.1. The van der Waals surface area contributed by atoms with E-state index in [2.05, 4.69) is 22.1 Å². The fraction of sp³-hybridized carbons (Fsp3) is 0.308. The molecule has 6 heteroatoms. The number of nitrogens with two attached hydrogens (primary N) is 1. The number of rotatable bonds is 4. The molecule has 4 N–H and O–H groups in total. The number of amides is 2. The van der Waals surface area contributed by atoms with Crippen LogP contribution >= 0.6 is 0 Å². The molecule has 0 spiro atoms. The molecule has 0 radical (unpaired) electrons. The summed E-state index contributed by atoms with van der Waals surface area (Å²) in [7, 11) is 0. The first-order chi connectivity index (χ1) is 9.04. The van der Waals surface area contributed by atoms with E-state index in [9.17, 15) is 9.59 Å². The maximum absolute atomic E-state index is 12.0. The van der Waals surface area contributed by atoms with Gasteiger partial charge in [-0.25, -0.2) is 4.98 Å². The number of nitrogens with one attached hydrogen (secondary N) is 1. The van der Waals surface area contributed by atoms with E-state index in [1.54, 1.807) is 19.1 Å². The molecule has 1 unspecified atom stereocenters. The summed E-state index contributed by atoms with van der Waals surface area (Å²) in [5, 5.41) is 11.3. The molecule has 1 atom stereocenters. The third kappa shape index (κ3) is 4.77. The number of hydrogen-bond acceptors (Lipinski definition) is 4. The van der Waals surface area contributed by atoms with Gasteiger partial charge in [-0.1, -0.05) is 11.8 Å². The van der Waals surface area contributed by atoms with E-state index in [4.69, 9.17) is 10.8 Å². The lowest BCUT2D eigenvalue weighted by Crippen LogP contribution is -2.36. The number of primary amides is 1. The van der Waals surface area contributed by atoms with Crippen molar-refractivity contribution in [3.05, 3.63) is 29.6 Å². The van der Waals surface area contributed by atoms with Crippen LogP contribution < -0.4 is 11.1 Å². The van der Waals surface area contributed by atoms with Crippen molar-refractivity contribution in [2.24, 2.45) is 5.73 Å². The van der Waals surface area contributed by atoms with Gasteiger partial charge in [-0.05, 0) is 19.1 Å². The maximum atomic E-state index is 12.0. The Bertz CT molecular complexity index is 531. The summed E-state index contributed by atoms with van der Waals surface area (Å²) in [6.45, 7) is 1.37. The molecule has 0 saturated carbocycles. The summed E-state index contributed by atoms with van der Waals surface area (Å²) in [5.74, 6) is 4.17. The van der Waals surface area contributed by atoms with Crippen LogP contribution in [0, 0.1) is 11.8 Å². The van der Waals surface area contributed by atoms with Gasteiger partial charge in [-0.15, -0.1) is 0 Å². The summed E-state index contributed by atoms with van der Waals surface area (Å²) in [5.41, 5.74) is 5.62. The molecule has 0 aliphatic carbocycles. The molecule has 0 saturated heterocycles. The normalized spacial score (nSPS) is 11.1. The second kappa shape index (κ2) is 7.13. The number of nitrogens with zero attached hydrogens (tertiary/aromatic N) is 1. The summed E-state index contributed by atoms with van der Waals surface area (Å²) in [6.07, 6.45) is 1.52. The van der Waals surface area contributed by atoms with Crippen molar-refractivity contribution in [3.8, 4) is 11.8 Å². The molecule has 1 rings (SSSR count). The van der Waals surface area contributed by atoms with Crippen molar-refractivity contribution in [3.63, 3.8) is 0 Å². The summed E-state index contributed by atoms with van der Waals surface area (Å²) in [6, 6.07) is 2.89. The number of aliphatic hydroxyl groups is 1. The molecule has 0 aliphatic rings. The number of pyridine rings is 1. The van der Waals surface area contributed by atoms with Gasteiger partial charge in [0.05, 0.1) is 5.56 Å². The Morgan fingerprint density at radius 2 is 2.32 bits per heavy atom. The fourth-order valence-corrected chi connectivity index (χ4v) is 1.47. The first-order valence-corrected chi connectivity index (χ1v) is 5.68. The Morgan fingerprint density at radius 3 is 2.95 bits per heavy atom. The third-order valence-electron chi connectivity index (χ3n) is 2.21. The first-order valence-electron chi connectivity index (χ1n) is 5.68. The zero-order valence-corrected chi connectivity index (χ0v) is 10.5. The maximum Gasteiger partial charge on any atom is 0.271 e. The second-order valence-corrected chi connectivity index (χ2v) is 3.90. The molecule has 6 nitrogen and oxygen atoms in total. The van der Waals surface area contributed by atoms with Gasteiger partial charge in [-0.3, -0.25) is 9.59 Å². The van der Waals surface area contributed by atoms with Gasteiger partial charge in [0.25, 0.3) is 5.91 Å². The zero-order valence-electron chi connectivity index (χ0n) is 10.5. The van der Waals surface area contributed by atoms with Crippen LogP contribution in [0.1, 0.15) is 29.4 Å². The second-order valence-electron chi connectivity index (χ2n) is 3.90. The predicted molar refractivity (Wildman–Crippen MR) is 68.9 cm³/mol. The molecule has 100 valence electrons. The van der Waals surface area contributed by atoms with E-state index < -0.39 is 11.8 Å². The molecular weight excluding hydrogens is 246 g/mol. The lowest BCUT2D eigenvalue weighted by molar-refractivity contribution is -0.118. The minimum Gasteiger partial charge on any atom is -0.384 e. The number of aromatic nitrogens is 1. The van der Waals surface area contributed by atoms with Crippen LogP contribution in [0.3, 0.4) is 0 Å². The minimum atomic E-state index is -0.492. The summed E-state index contributed by atoms with van der Waals surface area (Å²) >= 11 is 0. The third-order valence-corrected chi connectivity index (χ3v) is 2.21. The SMILES string of the molecule is CC(CC(N)=O)NC(=O)c1ncccc1C#CCO. The molecule has 0 aliphatic heterocycles. The Morgan fingerprint density at radius 1 is 1.58 bits per heavy atom. The van der Waals surface area contributed by atoms with Crippen LogP contribution in [0.25, 0.3) is 0 Å². The van der Waals surface area contributed by atoms with Crippen LogP contribution in [0.4, 0.5) is 0 Å². The van der Waals surface area contributed by atoms with Crippen molar-refractivity contribution in [1.29, 1.82) is 0 Å². The highest BCUT2D eigenvalue weighted by molar-refractivity contribution is 5.95. The van der Waals surface area contributed by atoms with Gasteiger partial charge in [0.2, 0.25) is 5.91 Å². The fourth-order valence-electron chi connectivity index (χ4n) is 1.47. The van der Waals surface area contributed by atoms with Crippen LogP contribution in [0.15, 0.2) is 18.3 Å². The van der Waals surface area contributed by atoms with Crippen LogP contribution in [0.5, 0.6) is 0 Å². The minimum absolute atomic E-state index is 0.0518. The Hall–Kier alpha value is -2.39. The first kappa shape index (κ1) is 14.7. The number of carbonyl (C=O) groups excluding carboxylic acids is 2. The number of hydrogen-bond donors (Lipinski definition) is 3. The van der Waals surface area contributed by atoms with Crippen molar-refractivity contribution in [1.82, 2.24) is 10.3 Å². The number of aliphatic hydroxyl groups excluding tert-OH is 1. The Labute approximate surface area is 111 Å². The van der Waals surface area contributed by atoms with Crippen molar-refractivity contribution in [2.75, 3.05) is 6.61 Å². The average molecular weight is 261 g/mol. The van der Waals surface area contributed by atoms with E-state index in [1.165, 1.54) is 6.20 Å². The van der Waals surface area contributed by atoms with Crippen molar-refractivity contribution in [2.45, 2.75) is 19.4 Å². The lowest BCUT2D eigenvalue weighted by Gasteiger charge is -2.12. The highest BCUT2D eigenvalue weighted by atomic mass is 16.2. The average Bonchev–Trinajstić information content (AvgIpc) is 2.35. The highest BCUT2D eigenvalue weighted by Crippen LogP contribution is 2.04. The largest absolute Gasteiger partial charge is 0.384 e. The van der Waals surface area contributed by atoms with Gasteiger partial charge in [0, 0.05) is 18.7 Å². The molecule has 1 aromatic rings. The van der Waals surface area contributed by atoms with E-state index in [1.807, 2.05) is 0 Å². The molecule has 2 amide bonds. The van der Waals surface area contributed by atoms with Gasteiger partial charge < -0.3 is 16.2 Å². The molecule has 1 heterocycles. The molecule has 0 fully saturated rings. The monoisotopic (exact) mass is 261 g/mol. The van der Waals surface area contributed by atoms with Crippen LogP contribution in [-0.2, 0) is 4.79 Å². The van der Waals surface area contributed by atoms with Crippen LogP contribution in [-0.4, -0.2) is 34.6 Å². The van der Waals surface area contributed by atoms with E-state index >= 15 is 0 Å². The molecule has 19 heavy (non-hydrogen) atoms. The topological polar surface area (TPSA) is 105 Å². The quantitative estimate of drug-likeness (QED) is 0.630. The Kier molecular flexibility index (Phi) is 5.51. The van der Waals surface area contributed by atoms with Gasteiger partial charge >= 0.3 is 0 Å². The van der Waals surface area contributed by atoms with Gasteiger partial charge in [0.1, 0.15) is 12.3 Å². The van der Waals surface area contributed by atoms with Crippen molar-refractivity contribution >= 4 is 11.8 Å². The standard InChI is InChI=1S/C13H15N3O3/c1-9(8-11(14)18)16-13(19)12-10(5-3-7-17)4-2-6-15-12/h2,4,6,9,17H,7-8H2,1H3,(H2,14,18)(H,16,19). The summed E-state index contributed by atoms with van der Waals surface area (Å²) in [4.78, 5) is 26.7. The van der Waals surface area contributed by atoms with Crippen molar-refractivity contribution < 1.29 is 14.7 Å². The predicted octanol–water partition coefficient (Wildman–Crippen LogP) is -0.581. The van der Waals surface area contributed by atoms with E-state index in [-0.39, 0.29) is 24.8 Å². The van der Waals surface area contributed by atoms with Gasteiger partial charge in [0.15, 0.2) is 0 Å². The number of carbonyl (C=O) groups is 2. The Balaban J connectivity index is 2.85. The summed E-state index contributed by atoms with van der Waals surface area (Å²) < 4.78 is 0. The molecule has 1 aromatic heterocycles.